The Bertz CT molecular complexity index is 427. The minimum atomic E-state index is -0.688. The maximum atomic E-state index is 10.9. The third kappa shape index (κ3) is 4.00. The summed E-state index contributed by atoms with van der Waals surface area (Å²) in [5, 5.41) is 20.6. The molecule has 0 amide bonds. The van der Waals surface area contributed by atoms with Gasteiger partial charge in [-0.15, -0.1) is 5.10 Å². The molecule has 0 bridgehead atoms. The van der Waals surface area contributed by atoms with E-state index in [1.54, 1.807) is 4.68 Å². The molecule has 1 heterocycles. The van der Waals surface area contributed by atoms with Crippen LogP contribution in [0.3, 0.4) is 0 Å². The van der Waals surface area contributed by atoms with Gasteiger partial charge in [-0.3, -0.25) is 4.79 Å². The molecule has 1 aliphatic carbocycles. The van der Waals surface area contributed by atoms with Gasteiger partial charge in [-0.05, 0) is 42.5 Å². The van der Waals surface area contributed by atoms with Crippen LogP contribution in [-0.2, 0) is 22.7 Å². The number of tetrazole rings is 1. The second-order valence-electron chi connectivity index (χ2n) is 5.29. The minimum absolute atomic E-state index is 0.127. The highest BCUT2D eigenvalue weighted by Gasteiger charge is 2.26. The first kappa shape index (κ1) is 14.9. The second-order valence-corrected chi connectivity index (χ2v) is 5.29. The highest BCUT2D eigenvalue weighted by atomic mass is 16.5. The lowest BCUT2D eigenvalue weighted by molar-refractivity contribution is -0.143. The van der Waals surface area contributed by atoms with E-state index >= 15 is 0 Å². The molecule has 2 rings (SSSR count). The van der Waals surface area contributed by atoms with Crippen molar-refractivity contribution in [2.24, 2.45) is 5.92 Å². The van der Waals surface area contributed by atoms with Crippen LogP contribution < -0.4 is 0 Å². The normalized spacial score (nSPS) is 22.9. The predicted molar refractivity (Wildman–Crippen MR) is 70.9 cm³/mol. The van der Waals surface area contributed by atoms with E-state index in [9.17, 15) is 4.79 Å². The number of aromatic nitrogens is 4. The monoisotopic (exact) mass is 282 g/mol. The molecule has 7 nitrogen and oxygen atoms in total. The van der Waals surface area contributed by atoms with Crippen LogP contribution in [0.1, 0.15) is 51.3 Å². The quantitative estimate of drug-likeness (QED) is 0.817. The van der Waals surface area contributed by atoms with Crippen molar-refractivity contribution >= 4 is 5.97 Å². The molecule has 1 aromatic rings. The summed E-state index contributed by atoms with van der Waals surface area (Å²) >= 11 is 0. The molecule has 0 atom stereocenters. The van der Waals surface area contributed by atoms with Gasteiger partial charge in [0.05, 0.1) is 12.0 Å². The Balaban J connectivity index is 1.76. The van der Waals surface area contributed by atoms with E-state index in [0.717, 1.165) is 38.1 Å². The molecule has 0 aromatic carbocycles. The average molecular weight is 282 g/mol. The van der Waals surface area contributed by atoms with Gasteiger partial charge in [0.15, 0.2) is 5.82 Å². The summed E-state index contributed by atoms with van der Waals surface area (Å²) < 4.78 is 7.60. The smallest absolute Gasteiger partial charge is 0.306 e. The standard InChI is InChI=1S/C13H22N4O3/c1-2-3-8-17-12(14-15-16-17)9-20-11-6-4-10(5-7-11)13(18)19/h10-11H,2-9H2,1H3,(H,18,19). The van der Waals surface area contributed by atoms with Crippen LogP contribution in [0.4, 0.5) is 0 Å². The van der Waals surface area contributed by atoms with Crippen molar-refractivity contribution in [2.75, 3.05) is 0 Å². The SMILES string of the molecule is CCCCn1nnnc1COC1CCC(C(=O)O)CC1. The molecule has 1 aromatic heterocycles. The number of aryl methyl sites for hydroxylation is 1. The van der Waals surface area contributed by atoms with Crippen LogP contribution in [-0.4, -0.2) is 37.4 Å². The van der Waals surface area contributed by atoms with E-state index in [4.69, 9.17) is 9.84 Å². The van der Waals surface area contributed by atoms with Crippen molar-refractivity contribution in [3.63, 3.8) is 0 Å². The Hall–Kier alpha value is -1.50. The fourth-order valence-electron chi connectivity index (χ4n) is 2.48. The molecular weight excluding hydrogens is 260 g/mol. The number of rotatable bonds is 7. The van der Waals surface area contributed by atoms with Gasteiger partial charge >= 0.3 is 5.97 Å². The lowest BCUT2D eigenvalue weighted by Crippen LogP contribution is -2.26. The van der Waals surface area contributed by atoms with Crippen LogP contribution in [0.25, 0.3) is 0 Å². The fraction of sp³-hybridized carbons (Fsp3) is 0.846. The maximum absolute atomic E-state index is 10.9. The van der Waals surface area contributed by atoms with Gasteiger partial charge < -0.3 is 9.84 Å². The molecule has 1 N–H and O–H groups in total. The van der Waals surface area contributed by atoms with E-state index in [1.165, 1.54) is 0 Å². The number of carbonyl (C=O) groups is 1. The number of carboxylic acids is 1. The first-order valence-electron chi connectivity index (χ1n) is 7.30. The Morgan fingerprint density at radius 3 is 2.80 bits per heavy atom. The summed E-state index contributed by atoms with van der Waals surface area (Å²) in [6, 6.07) is 0. The number of ether oxygens (including phenoxy) is 1. The van der Waals surface area contributed by atoms with Crippen molar-refractivity contribution < 1.29 is 14.6 Å². The zero-order valence-electron chi connectivity index (χ0n) is 11.9. The molecule has 1 fully saturated rings. The first-order chi connectivity index (χ1) is 9.70. The first-order valence-corrected chi connectivity index (χ1v) is 7.30. The van der Waals surface area contributed by atoms with Crippen LogP contribution in [0.5, 0.6) is 0 Å². The highest BCUT2D eigenvalue weighted by Crippen LogP contribution is 2.26. The Labute approximate surface area is 118 Å². The molecule has 7 heteroatoms. The molecule has 20 heavy (non-hydrogen) atoms. The van der Waals surface area contributed by atoms with Gasteiger partial charge in [-0.25, -0.2) is 4.68 Å². The van der Waals surface area contributed by atoms with E-state index < -0.39 is 5.97 Å². The third-order valence-corrected chi connectivity index (χ3v) is 3.80. The number of aliphatic carboxylic acids is 1. The molecule has 0 radical (unpaired) electrons. The minimum Gasteiger partial charge on any atom is -0.481 e. The van der Waals surface area contributed by atoms with Gasteiger partial charge in [0.25, 0.3) is 0 Å². The molecule has 1 saturated carbocycles. The van der Waals surface area contributed by atoms with Gasteiger partial charge in [-0.2, -0.15) is 0 Å². The van der Waals surface area contributed by atoms with Crippen molar-refractivity contribution in [3.05, 3.63) is 5.82 Å². The van der Waals surface area contributed by atoms with E-state index in [0.29, 0.717) is 19.4 Å². The summed E-state index contributed by atoms with van der Waals surface area (Å²) in [6.45, 7) is 3.34. The molecule has 112 valence electrons. The zero-order valence-corrected chi connectivity index (χ0v) is 11.9. The molecule has 0 saturated heterocycles. The van der Waals surface area contributed by atoms with Gasteiger partial charge in [0.1, 0.15) is 6.61 Å². The summed E-state index contributed by atoms with van der Waals surface area (Å²) in [7, 11) is 0. The summed E-state index contributed by atoms with van der Waals surface area (Å²) in [6.07, 6.45) is 5.26. The molecule has 1 aliphatic rings. The Morgan fingerprint density at radius 2 is 2.15 bits per heavy atom. The zero-order chi connectivity index (χ0) is 14.4. The van der Waals surface area contributed by atoms with Crippen molar-refractivity contribution in [3.8, 4) is 0 Å². The predicted octanol–water partition coefficient (Wildman–Crippen LogP) is 1.63. The van der Waals surface area contributed by atoms with Crippen LogP contribution in [0, 0.1) is 5.92 Å². The summed E-state index contributed by atoms with van der Waals surface area (Å²) in [4.78, 5) is 10.9. The fourth-order valence-corrected chi connectivity index (χ4v) is 2.48. The number of unbranched alkanes of at least 4 members (excludes halogenated alkanes) is 1. The van der Waals surface area contributed by atoms with Gasteiger partial charge in [-0.1, -0.05) is 13.3 Å². The van der Waals surface area contributed by atoms with E-state index in [2.05, 4.69) is 22.4 Å². The molecule has 0 spiro atoms. The lowest BCUT2D eigenvalue weighted by atomic mass is 9.87. The second kappa shape index (κ2) is 7.33. The summed E-state index contributed by atoms with van der Waals surface area (Å²) in [5.41, 5.74) is 0. The largest absolute Gasteiger partial charge is 0.481 e. The number of hydrogen-bond donors (Lipinski definition) is 1. The topological polar surface area (TPSA) is 90.1 Å². The van der Waals surface area contributed by atoms with Crippen molar-refractivity contribution in [1.82, 2.24) is 20.2 Å². The average Bonchev–Trinajstić information content (AvgIpc) is 2.90. The Kier molecular flexibility index (Phi) is 5.46. The van der Waals surface area contributed by atoms with Gasteiger partial charge in [0, 0.05) is 6.54 Å². The van der Waals surface area contributed by atoms with Crippen molar-refractivity contribution in [2.45, 2.75) is 64.7 Å². The van der Waals surface area contributed by atoms with Crippen LogP contribution in [0.15, 0.2) is 0 Å². The van der Waals surface area contributed by atoms with Crippen LogP contribution >= 0.6 is 0 Å². The number of carboxylic acid groups (broad SMARTS) is 1. The van der Waals surface area contributed by atoms with Crippen molar-refractivity contribution in [1.29, 1.82) is 0 Å². The molecule has 0 aliphatic heterocycles. The Morgan fingerprint density at radius 1 is 1.40 bits per heavy atom. The highest BCUT2D eigenvalue weighted by molar-refractivity contribution is 5.70. The molecular formula is C13H22N4O3. The van der Waals surface area contributed by atoms with Crippen LogP contribution in [0.2, 0.25) is 0 Å². The van der Waals surface area contributed by atoms with E-state index in [1.807, 2.05) is 0 Å². The third-order valence-electron chi connectivity index (χ3n) is 3.80. The lowest BCUT2D eigenvalue weighted by Gasteiger charge is -2.25. The molecule has 0 unspecified atom stereocenters. The van der Waals surface area contributed by atoms with E-state index in [-0.39, 0.29) is 12.0 Å². The number of nitrogens with zero attached hydrogens (tertiary/aromatic N) is 4. The maximum Gasteiger partial charge on any atom is 0.306 e. The summed E-state index contributed by atoms with van der Waals surface area (Å²) in [5.74, 6) is -0.143. The number of hydrogen-bond acceptors (Lipinski definition) is 5. The van der Waals surface area contributed by atoms with Gasteiger partial charge in [0.2, 0.25) is 0 Å².